The second-order valence-electron chi connectivity index (χ2n) is 15.4. The summed E-state index contributed by atoms with van der Waals surface area (Å²) in [6, 6.07) is 57.2. The highest BCUT2D eigenvalue weighted by Crippen LogP contribution is 2.69. The highest BCUT2D eigenvalue weighted by molar-refractivity contribution is 5.97. The summed E-state index contributed by atoms with van der Waals surface area (Å²) in [5.74, 6) is 3.44. The van der Waals surface area contributed by atoms with Gasteiger partial charge in [0.15, 0.2) is 0 Å². The molecular formula is C48H39N. The third-order valence-corrected chi connectivity index (χ3v) is 13.0. The van der Waals surface area contributed by atoms with Crippen LogP contribution in [-0.4, -0.2) is 0 Å². The third-order valence-electron chi connectivity index (χ3n) is 13.0. The van der Waals surface area contributed by atoms with Crippen molar-refractivity contribution in [1.29, 1.82) is 0 Å². The Balaban J connectivity index is 1.08. The molecule has 1 heteroatoms. The Kier molecular flexibility index (Phi) is 5.91. The average molecular weight is 630 g/mol. The molecule has 5 aliphatic carbocycles. The van der Waals surface area contributed by atoms with Crippen LogP contribution in [0.5, 0.6) is 0 Å². The van der Waals surface area contributed by atoms with Crippen LogP contribution in [0, 0.1) is 23.7 Å². The molecule has 4 saturated carbocycles. The molecule has 7 aromatic rings. The SMILES string of the molecule is c1ccc2c(c1)-c1cc(N(c3ccc(-c4cccc5ccccc45)cc3)c3ccc4ccccc4c3)ccc1C21C2CC3CC(C2)CC1C3. The van der Waals surface area contributed by atoms with E-state index in [1.807, 2.05) is 0 Å². The minimum atomic E-state index is 0.186. The number of nitrogens with zero attached hydrogens (tertiary/aromatic N) is 1. The summed E-state index contributed by atoms with van der Waals surface area (Å²) in [5.41, 5.74) is 12.4. The van der Waals surface area contributed by atoms with E-state index in [1.165, 1.54) is 93.0 Å². The highest BCUT2D eigenvalue weighted by atomic mass is 15.1. The summed E-state index contributed by atoms with van der Waals surface area (Å²) in [6.45, 7) is 0. The van der Waals surface area contributed by atoms with Crippen LogP contribution in [0.2, 0.25) is 0 Å². The molecule has 0 amide bonds. The molecule has 0 aliphatic heterocycles. The predicted octanol–water partition coefficient (Wildman–Crippen LogP) is 12.9. The van der Waals surface area contributed by atoms with Crippen molar-refractivity contribution >= 4 is 38.6 Å². The number of hydrogen-bond donors (Lipinski definition) is 0. The van der Waals surface area contributed by atoms with Crippen LogP contribution in [0.15, 0.2) is 152 Å². The van der Waals surface area contributed by atoms with Gasteiger partial charge in [-0.15, -0.1) is 0 Å². The zero-order valence-electron chi connectivity index (χ0n) is 27.7. The van der Waals surface area contributed by atoms with E-state index < -0.39 is 0 Å². The molecule has 0 atom stereocenters. The molecule has 4 bridgehead atoms. The van der Waals surface area contributed by atoms with Crippen LogP contribution >= 0.6 is 0 Å². The lowest BCUT2D eigenvalue weighted by Gasteiger charge is -2.61. The molecule has 0 saturated heterocycles. The van der Waals surface area contributed by atoms with Crippen molar-refractivity contribution in [2.45, 2.75) is 37.5 Å². The van der Waals surface area contributed by atoms with E-state index in [1.54, 1.807) is 11.1 Å². The van der Waals surface area contributed by atoms with Crippen molar-refractivity contribution in [1.82, 2.24) is 0 Å². The first kappa shape index (κ1) is 27.8. The standard InChI is InChI=1S/C48H39N/c1-2-10-36-29-40(21-16-33(36)8-1)49(39-19-17-35(18-20-39)43-14-7-11-34-9-3-4-12-42(34)43)41-22-23-47-45(30-41)44-13-5-6-15-46(44)48(47)37-25-31-24-32(27-37)28-38(48)26-31/h1-23,29-32,37-38H,24-28H2. The number of hydrogen-bond acceptors (Lipinski definition) is 1. The Morgan fingerprint density at radius 1 is 0.408 bits per heavy atom. The van der Waals surface area contributed by atoms with Gasteiger partial charge in [0, 0.05) is 22.5 Å². The summed E-state index contributed by atoms with van der Waals surface area (Å²) < 4.78 is 0. The van der Waals surface area contributed by atoms with Gasteiger partial charge in [0.25, 0.3) is 0 Å². The first-order chi connectivity index (χ1) is 24.2. The van der Waals surface area contributed by atoms with Crippen LogP contribution in [0.3, 0.4) is 0 Å². The van der Waals surface area contributed by atoms with Gasteiger partial charge in [-0.2, -0.15) is 0 Å². The van der Waals surface area contributed by atoms with E-state index in [0.717, 1.165) is 23.7 Å². The van der Waals surface area contributed by atoms with Crippen molar-refractivity contribution in [2.24, 2.45) is 23.7 Å². The van der Waals surface area contributed by atoms with Gasteiger partial charge in [0.2, 0.25) is 0 Å². The summed E-state index contributed by atoms with van der Waals surface area (Å²) >= 11 is 0. The van der Waals surface area contributed by atoms with Gasteiger partial charge in [-0.3, -0.25) is 0 Å². The monoisotopic (exact) mass is 629 g/mol. The molecule has 1 spiro atoms. The predicted molar refractivity (Wildman–Crippen MR) is 205 cm³/mol. The molecule has 0 unspecified atom stereocenters. The van der Waals surface area contributed by atoms with E-state index >= 15 is 0 Å². The van der Waals surface area contributed by atoms with Crippen LogP contribution in [0.4, 0.5) is 17.1 Å². The minimum Gasteiger partial charge on any atom is -0.310 e. The Morgan fingerprint density at radius 2 is 1.00 bits per heavy atom. The highest BCUT2D eigenvalue weighted by Gasteiger charge is 2.61. The van der Waals surface area contributed by atoms with E-state index in [9.17, 15) is 0 Å². The van der Waals surface area contributed by atoms with Gasteiger partial charge < -0.3 is 4.90 Å². The Hall–Kier alpha value is -5.14. The smallest absolute Gasteiger partial charge is 0.0468 e. The molecule has 0 N–H and O–H groups in total. The second-order valence-corrected chi connectivity index (χ2v) is 15.4. The average Bonchev–Trinajstić information content (AvgIpc) is 3.44. The van der Waals surface area contributed by atoms with Crippen molar-refractivity contribution < 1.29 is 0 Å². The van der Waals surface area contributed by atoms with Crippen LogP contribution in [-0.2, 0) is 5.41 Å². The van der Waals surface area contributed by atoms with Crippen LogP contribution in [0.1, 0.15) is 43.2 Å². The number of fused-ring (bicyclic) bond motifs is 5. The minimum absolute atomic E-state index is 0.186. The molecule has 0 radical (unpaired) electrons. The zero-order valence-corrected chi connectivity index (χ0v) is 27.7. The summed E-state index contributed by atoms with van der Waals surface area (Å²) in [7, 11) is 0. The molecule has 1 nitrogen and oxygen atoms in total. The summed E-state index contributed by atoms with van der Waals surface area (Å²) in [4.78, 5) is 2.48. The quantitative estimate of drug-likeness (QED) is 0.187. The molecule has 236 valence electrons. The van der Waals surface area contributed by atoms with Crippen LogP contribution in [0.25, 0.3) is 43.8 Å². The maximum absolute atomic E-state index is 2.55. The van der Waals surface area contributed by atoms with Gasteiger partial charge >= 0.3 is 0 Å². The first-order valence-corrected chi connectivity index (χ1v) is 18.4. The summed E-state index contributed by atoms with van der Waals surface area (Å²) in [5, 5.41) is 5.10. The molecule has 0 heterocycles. The zero-order chi connectivity index (χ0) is 32.1. The molecular weight excluding hydrogens is 591 g/mol. The Morgan fingerprint density at radius 3 is 1.82 bits per heavy atom. The second kappa shape index (κ2) is 10.4. The molecule has 0 aromatic heterocycles. The van der Waals surface area contributed by atoms with Gasteiger partial charge in [0.05, 0.1) is 0 Å². The third kappa shape index (κ3) is 3.99. The van der Waals surface area contributed by atoms with Crippen molar-refractivity contribution in [3.63, 3.8) is 0 Å². The number of anilines is 3. The molecule has 7 aromatic carbocycles. The topological polar surface area (TPSA) is 3.24 Å². The number of benzene rings is 7. The summed E-state index contributed by atoms with van der Waals surface area (Å²) in [6.07, 6.45) is 7.13. The lowest BCUT2D eigenvalue weighted by Crippen LogP contribution is -2.55. The Labute approximate surface area is 288 Å². The normalized spacial score (nSPS) is 24.4. The fraction of sp³-hybridized carbons (Fsp3) is 0.208. The number of rotatable bonds is 4. The maximum atomic E-state index is 2.55. The lowest BCUT2D eigenvalue weighted by atomic mass is 9.43. The van der Waals surface area contributed by atoms with E-state index in [2.05, 4.69) is 157 Å². The van der Waals surface area contributed by atoms with E-state index in [4.69, 9.17) is 0 Å². The van der Waals surface area contributed by atoms with Gasteiger partial charge in [-0.25, -0.2) is 0 Å². The van der Waals surface area contributed by atoms with Crippen molar-refractivity contribution in [3.8, 4) is 22.3 Å². The fourth-order valence-electron chi connectivity index (χ4n) is 11.3. The van der Waals surface area contributed by atoms with E-state index in [-0.39, 0.29) is 5.41 Å². The fourth-order valence-corrected chi connectivity index (χ4v) is 11.3. The first-order valence-electron chi connectivity index (χ1n) is 18.4. The molecule has 49 heavy (non-hydrogen) atoms. The maximum Gasteiger partial charge on any atom is 0.0468 e. The van der Waals surface area contributed by atoms with Crippen molar-refractivity contribution in [3.05, 3.63) is 163 Å². The lowest BCUT2D eigenvalue weighted by molar-refractivity contribution is -0.0399. The van der Waals surface area contributed by atoms with Crippen molar-refractivity contribution in [2.75, 3.05) is 4.90 Å². The molecule has 12 rings (SSSR count). The Bertz CT molecular complexity index is 2380. The molecule has 5 aliphatic rings. The van der Waals surface area contributed by atoms with Gasteiger partial charge in [0.1, 0.15) is 0 Å². The molecule has 4 fully saturated rings. The van der Waals surface area contributed by atoms with Gasteiger partial charge in [-0.1, -0.05) is 115 Å². The largest absolute Gasteiger partial charge is 0.310 e. The van der Waals surface area contributed by atoms with Gasteiger partial charge in [-0.05, 0) is 147 Å². The van der Waals surface area contributed by atoms with Crippen LogP contribution < -0.4 is 4.90 Å². The van der Waals surface area contributed by atoms with E-state index in [0.29, 0.717) is 0 Å².